The van der Waals surface area contributed by atoms with Gasteiger partial charge >= 0.3 is 0 Å². The lowest BCUT2D eigenvalue weighted by Gasteiger charge is -2.39. The van der Waals surface area contributed by atoms with E-state index in [9.17, 15) is 19.5 Å². The number of rotatable bonds is 9. The number of carbonyl (C=O) groups excluding carboxylic acids is 3. The summed E-state index contributed by atoms with van der Waals surface area (Å²) in [7, 11) is 0. The molecule has 0 radical (unpaired) electrons. The lowest BCUT2D eigenvalue weighted by molar-refractivity contribution is -0.143. The van der Waals surface area contributed by atoms with Crippen LogP contribution in [-0.4, -0.2) is 62.5 Å². The molecule has 7 atom stereocenters. The van der Waals surface area contributed by atoms with Gasteiger partial charge in [-0.25, -0.2) is 0 Å². The van der Waals surface area contributed by atoms with Crippen LogP contribution in [-0.2, 0) is 14.4 Å². The number of hydrogen-bond acceptors (Lipinski definition) is 5. The van der Waals surface area contributed by atoms with E-state index < -0.39 is 33.4 Å². The molecule has 0 aliphatic carbocycles. The summed E-state index contributed by atoms with van der Waals surface area (Å²) in [6.07, 6.45) is 3.03. The zero-order valence-electron chi connectivity index (χ0n) is 22.7. The topological polar surface area (TPSA) is 98.7 Å². The summed E-state index contributed by atoms with van der Waals surface area (Å²) in [6, 6.07) is 12.5. The van der Waals surface area contributed by atoms with E-state index in [1.165, 1.54) is 0 Å². The molecule has 3 fully saturated rings. The van der Waals surface area contributed by atoms with Gasteiger partial charge in [-0.1, -0.05) is 57.5 Å². The van der Waals surface area contributed by atoms with Crippen molar-refractivity contribution in [2.75, 3.05) is 18.5 Å². The van der Waals surface area contributed by atoms with E-state index >= 15 is 0 Å². The van der Waals surface area contributed by atoms with Crippen molar-refractivity contribution in [1.82, 2.24) is 10.2 Å². The summed E-state index contributed by atoms with van der Waals surface area (Å²) < 4.78 is -1.11. The molecule has 38 heavy (non-hydrogen) atoms. The van der Waals surface area contributed by atoms with E-state index in [0.717, 1.165) is 30.0 Å². The lowest BCUT2D eigenvalue weighted by atomic mass is 9.66. The molecule has 2 aromatic carbocycles. The van der Waals surface area contributed by atoms with Crippen LogP contribution in [0.3, 0.4) is 0 Å². The van der Waals surface area contributed by atoms with Gasteiger partial charge < -0.3 is 20.6 Å². The van der Waals surface area contributed by atoms with Crippen LogP contribution >= 0.6 is 11.8 Å². The first-order valence-electron chi connectivity index (χ1n) is 13.9. The molecular weight excluding hydrogens is 498 g/mol. The van der Waals surface area contributed by atoms with E-state index in [-0.39, 0.29) is 30.2 Å². The maximum Gasteiger partial charge on any atom is 0.248 e. The van der Waals surface area contributed by atoms with Gasteiger partial charge in [0.05, 0.1) is 29.2 Å². The summed E-state index contributed by atoms with van der Waals surface area (Å²) in [6.45, 7) is 8.46. The number of aliphatic hydroxyl groups excluding tert-OH is 1. The second-order valence-corrected chi connectivity index (χ2v) is 13.3. The van der Waals surface area contributed by atoms with Crippen LogP contribution < -0.4 is 10.6 Å². The number of amides is 3. The van der Waals surface area contributed by atoms with Crippen LogP contribution in [0.15, 0.2) is 42.5 Å². The zero-order valence-corrected chi connectivity index (χ0v) is 23.5. The highest BCUT2D eigenvalue weighted by molar-refractivity contribution is 8.02. The molecule has 3 amide bonds. The molecule has 3 heterocycles. The summed E-state index contributed by atoms with van der Waals surface area (Å²) in [4.78, 5) is 43.6. The van der Waals surface area contributed by atoms with Gasteiger partial charge in [0.2, 0.25) is 17.7 Å². The van der Waals surface area contributed by atoms with Crippen molar-refractivity contribution < 1.29 is 19.5 Å². The molecule has 3 N–H and O–H groups in total. The number of likely N-dealkylation sites (tertiary alicyclic amines) is 1. The van der Waals surface area contributed by atoms with Gasteiger partial charge in [0, 0.05) is 17.0 Å². The molecule has 3 aliphatic rings. The van der Waals surface area contributed by atoms with Crippen LogP contribution in [0, 0.1) is 17.8 Å². The van der Waals surface area contributed by atoms with Gasteiger partial charge in [0.15, 0.2) is 0 Å². The fraction of sp³-hybridized carbons (Fsp3) is 0.567. The van der Waals surface area contributed by atoms with E-state index in [1.54, 1.807) is 16.7 Å². The Balaban J connectivity index is 1.56. The number of thioether (sulfide) groups is 1. The predicted molar refractivity (Wildman–Crippen MR) is 152 cm³/mol. The smallest absolute Gasteiger partial charge is 0.248 e. The van der Waals surface area contributed by atoms with Gasteiger partial charge in [-0.15, -0.1) is 11.8 Å². The van der Waals surface area contributed by atoms with Crippen LogP contribution in [0.4, 0.5) is 5.69 Å². The average molecular weight is 538 g/mol. The molecule has 204 valence electrons. The molecule has 3 aliphatic heterocycles. The minimum Gasteiger partial charge on any atom is -0.394 e. The quantitative estimate of drug-likeness (QED) is 0.446. The first-order chi connectivity index (χ1) is 18.2. The molecule has 8 heteroatoms. The zero-order chi connectivity index (χ0) is 27.2. The van der Waals surface area contributed by atoms with Crippen LogP contribution in [0.1, 0.15) is 53.4 Å². The van der Waals surface area contributed by atoms with Crippen molar-refractivity contribution in [3.8, 4) is 0 Å². The SMILES string of the molecule is CCCNC(=O)[C@@H]1[C@H]2C(=O)N([C@@H](CO)[C@@H](C)CC)C(C(=O)Nc3ccc4ccccc4c3)C23CC[C@@]1(C)S3. The summed E-state index contributed by atoms with van der Waals surface area (Å²) >= 11 is 1.66. The fourth-order valence-corrected chi connectivity index (χ4v) is 9.41. The summed E-state index contributed by atoms with van der Waals surface area (Å²) in [5.74, 6) is -1.60. The molecule has 1 spiro atoms. The minimum absolute atomic E-state index is 0.000278. The van der Waals surface area contributed by atoms with E-state index in [1.807, 2.05) is 63.2 Å². The van der Waals surface area contributed by atoms with Crippen LogP contribution in [0.5, 0.6) is 0 Å². The first-order valence-corrected chi connectivity index (χ1v) is 14.7. The van der Waals surface area contributed by atoms with Crippen LogP contribution in [0.2, 0.25) is 0 Å². The third-order valence-electron chi connectivity index (χ3n) is 9.16. The lowest BCUT2D eigenvalue weighted by Crippen LogP contribution is -2.56. The number of carbonyl (C=O) groups is 3. The predicted octanol–water partition coefficient (Wildman–Crippen LogP) is 4.19. The number of hydrogen-bond donors (Lipinski definition) is 3. The van der Waals surface area contributed by atoms with Gasteiger partial charge in [0.1, 0.15) is 6.04 Å². The third kappa shape index (κ3) is 4.11. The molecular formula is C30H39N3O4S. The Kier molecular flexibility index (Phi) is 7.24. The van der Waals surface area contributed by atoms with Crippen molar-refractivity contribution >= 4 is 45.9 Å². The van der Waals surface area contributed by atoms with Gasteiger partial charge in [-0.2, -0.15) is 0 Å². The molecule has 0 aromatic heterocycles. The Labute approximate surface area is 229 Å². The highest BCUT2D eigenvalue weighted by Gasteiger charge is 2.77. The van der Waals surface area contributed by atoms with Crippen molar-refractivity contribution in [2.45, 2.75) is 75.0 Å². The van der Waals surface area contributed by atoms with Gasteiger partial charge in [-0.3, -0.25) is 14.4 Å². The molecule has 2 unspecified atom stereocenters. The van der Waals surface area contributed by atoms with Crippen molar-refractivity contribution in [3.63, 3.8) is 0 Å². The molecule has 7 nitrogen and oxygen atoms in total. The first kappa shape index (κ1) is 27.0. The number of nitrogens with zero attached hydrogens (tertiary/aromatic N) is 1. The summed E-state index contributed by atoms with van der Waals surface area (Å²) in [5, 5.41) is 18.7. The molecule has 5 rings (SSSR count). The standard InChI is InChI=1S/C30H39N3O4S/c1-5-15-31-26(35)23-24-28(37)33(22(17-34)18(3)6-2)25(30(24)14-13-29(23,4)38-30)27(36)32-21-12-11-19-9-7-8-10-20(19)16-21/h7-12,16,18,22-25,34H,5-6,13-15,17H2,1-4H3,(H,31,35)(H,32,36)/t18-,22-,23-,24-,25?,29+,30?/m0/s1. The maximum atomic E-state index is 14.3. The van der Waals surface area contributed by atoms with Gasteiger partial charge in [0.25, 0.3) is 0 Å². The normalized spacial score (nSPS) is 31.3. The molecule has 3 saturated heterocycles. The molecule has 2 bridgehead atoms. The van der Waals surface area contributed by atoms with E-state index in [0.29, 0.717) is 18.7 Å². The van der Waals surface area contributed by atoms with Gasteiger partial charge in [-0.05, 0) is 55.0 Å². The monoisotopic (exact) mass is 537 g/mol. The fourth-order valence-electron chi connectivity index (χ4n) is 7.07. The summed E-state index contributed by atoms with van der Waals surface area (Å²) in [5.41, 5.74) is 0.672. The Morgan fingerprint density at radius 3 is 2.55 bits per heavy atom. The molecule has 0 saturated carbocycles. The highest BCUT2D eigenvalue weighted by atomic mass is 32.2. The molecule has 2 aromatic rings. The minimum atomic E-state index is -0.770. The maximum absolute atomic E-state index is 14.3. The van der Waals surface area contributed by atoms with Crippen molar-refractivity contribution in [3.05, 3.63) is 42.5 Å². The Morgan fingerprint density at radius 1 is 1.13 bits per heavy atom. The number of fused-ring (bicyclic) bond motifs is 2. The number of aliphatic hydroxyl groups is 1. The largest absolute Gasteiger partial charge is 0.394 e. The second-order valence-electron chi connectivity index (χ2n) is 11.5. The Hall–Kier alpha value is -2.58. The second kappa shape index (κ2) is 10.2. The average Bonchev–Trinajstić information content (AvgIpc) is 3.48. The number of anilines is 1. The number of nitrogens with one attached hydrogen (secondary N) is 2. The number of benzene rings is 2. The van der Waals surface area contributed by atoms with E-state index in [2.05, 4.69) is 17.6 Å². The van der Waals surface area contributed by atoms with Crippen LogP contribution in [0.25, 0.3) is 10.8 Å². The Morgan fingerprint density at radius 2 is 1.87 bits per heavy atom. The highest BCUT2D eigenvalue weighted by Crippen LogP contribution is 2.71. The third-order valence-corrected chi connectivity index (χ3v) is 11.1. The van der Waals surface area contributed by atoms with Crippen molar-refractivity contribution in [2.24, 2.45) is 17.8 Å². The van der Waals surface area contributed by atoms with E-state index in [4.69, 9.17) is 0 Å². The van der Waals surface area contributed by atoms with Crippen molar-refractivity contribution in [1.29, 1.82) is 0 Å². The Bertz CT molecular complexity index is 1250.